The molecule has 0 unspecified atom stereocenters. The Labute approximate surface area is 91.2 Å². The minimum Gasteiger partial charge on any atom is -0.461 e. The highest BCUT2D eigenvalue weighted by Gasteiger charge is 2.25. The Kier molecular flexibility index (Phi) is 3.35. The highest BCUT2D eigenvalue weighted by atomic mass is 35.7. The smallest absolute Gasteiger partial charge is 0.360 e. The van der Waals surface area contributed by atoms with Crippen LogP contribution in [0.25, 0.3) is 0 Å². The van der Waals surface area contributed by atoms with Gasteiger partial charge < -0.3 is 4.74 Å². The largest absolute Gasteiger partial charge is 0.461 e. The van der Waals surface area contributed by atoms with Crippen LogP contribution in [0.2, 0.25) is 0 Å². The van der Waals surface area contributed by atoms with E-state index in [-0.39, 0.29) is 17.2 Å². The van der Waals surface area contributed by atoms with E-state index in [4.69, 9.17) is 10.7 Å². The van der Waals surface area contributed by atoms with Crippen molar-refractivity contribution in [3.63, 3.8) is 0 Å². The summed E-state index contributed by atoms with van der Waals surface area (Å²) in [5.74, 6) is -0.808. The summed E-state index contributed by atoms with van der Waals surface area (Å²) >= 11 is 0. The number of carbonyl (C=O) groups excluding carboxylic acids is 1. The molecule has 0 aliphatic rings. The maximum atomic E-state index is 11.3. The van der Waals surface area contributed by atoms with Crippen LogP contribution in [0, 0.1) is 0 Å². The number of rotatable bonds is 3. The third-order valence-electron chi connectivity index (χ3n) is 1.53. The Balaban J connectivity index is 3.24. The van der Waals surface area contributed by atoms with Crippen molar-refractivity contribution in [3.8, 4) is 0 Å². The maximum absolute atomic E-state index is 11.3. The van der Waals surface area contributed by atoms with Gasteiger partial charge >= 0.3 is 5.97 Å². The lowest BCUT2D eigenvalue weighted by Gasteiger charge is -1.98. The molecule has 1 aromatic heterocycles. The van der Waals surface area contributed by atoms with Crippen LogP contribution in [0.4, 0.5) is 0 Å². The Bertz CT molecular complexity index is 479. The first-order valence-electron chi connectivity index (χ1n) is 4.01. The highest BCUT2D eigenvalue weighted by Crippen LogP contribution is 2.19. The van der Waals surface area contributed by atoms with Crippen LogP contribution in [-0.4, -0.2) is 30.8 Å². The average molecular weight is 253 g/mol. The Morgan fingerprint density at radius 2 is 2.27 bits per heavy atom. The van der Waals surface area contributed by atoms with Crippen molar-refractivity contribution in [2.45, 2.75) is 11.8 Å². The summed E-state index contributed by atoms with van der Waals surface area (Å²) in [7, 11) is 2.62. The lowest BCUT2D eigenvalue weighted by atomic mass is 10.4. The molecule has 1 aromatic rings. The molecular weight excluding hydrogens is 244 g/mol. The summed E-state index contributed by atoms with van der Waals surface area (Å²) in [5.41, 5.74) is -0.297. The van der Waals surface area contributed by atoms with Gasteiger partial charge in [-0.25, -0.2) is 13.2 Å². The van der Waals surface area contributed by atoms with Crippen molar-refractivity contribution in [1.29, 1.82) is 0 Å². The van der Waals surface area contributed by atoms with Gasteiger partial charge in [-0.2, -0.15) is 5.10 Å². The quantitative estimate of drug-likeness (QED) is 0.579. The fourth-order valence-corrected chi connectivity index (χ4v) is 1.96. The molecule has 0 fully saturated rings. The number of halogens is 1. The van der Waals surface area contributed by atoms with E-state index in [1.807, 2.05) is 0 Å². The van der Waals surface area contributed by atoms with Crippen LogP contribution in [-0.2, 0) is 20.8 Å². The summed E-state index contributed by atoms with van der Waals surface area (Å²) < 4.78 is 28.0. The van der Waals surface area contributed by atoms with Crippen LogP contribution in [0.5, 0.6) is 0 Å². The summed E-state index contributed by atoms with van der Waals surface area (Å²) in [6.45, 7) is 1.74. The molecule has 15 heavy (non-hydrogen) atoms. The molecule has 0 atom stereocenters. The fourth-order valence-electron chi connectivity index (χ4n) is 0.986. The van der Waals surface area contributed by atoms with Crippen molar-refractivity contribution >= 4 is 25.7 Å². The Morgan fingerprint density at radius 3 is 2.73 bits per heavy atom. The minimum absolute atomic E-state index is 0.136. The molecule has 1 heterocycles. The van der Waals surface area contributed by atoms with E-state index in [2.05, 4.69) is 9.84 Å². The molecule has 0 N–H and O–H groups in total. The molecule has 0 aromatic carbocycles. The zero-order valence-electron chi connectivity index (χ0n) is 8.10. The number of aryl methyl sites for hydroxylation is 1. The standard InChI is InChI=1S/C7H9ClN2O4S/c1-3-14-7(11)6-5(15(8,12)13)4-10(2)9-6/h4H,3H2,1-2H3. The molecule has 0 aliphatic carbocycles. The van der Waals surface area contributed by atoms with Crippen molar-refractivity contribution in [3.05, 3.63) is 11.9 Å². The van der Waals surface area contributed by atoms with Gasteiger partial charge in [0, 0.05) is 23.9 Å². The number of ether oxygens (including phenoxy) is 1. The second-order valence-electron chi connectivity index (χ2n) is 2.67. The molecule has 6 nitrogen and oxygen atoms in total. The summed E-state index contributed by atoms with van der Waals surface area (Å²) in [5, 5.41) is 3.67. The molecule has 8 heteroatoms. The van der Waals surface area contributed by atoms with Crippen LogP contribution in [0.15, 0.2) is 11.1 Å². The van der Waals surface area contributed by atoms with E-state index < -0.39 is 15.0 Å². The molecule has 0 saturated carbocycles. The first kappa shape index (κ1) is 12.0. The van der Waals surface area contributed by atoms with Crippen LogP contribution >= 0.6 is 10.7 Å². The predicted molar refractivity (Wildman–Crippen MR) is 52.2 cm³/mol. The summed E-state index contributed by atoms with van der Waals surface area (Å²) in [6.07, 6.45) is 1.15. The van der Waals surface area contributed by atoms with Gasteiger partial charge in [-0.3, -0.25) is 4.68 Å². The molecular formula is C7H9ClN2O4S. The van der Waals surface area contributed by atoms with E-state index in [0.717, 1.165) is 6.20 Å². The van der Waals surface area contributed by atoms with Gasteiger partial charge in [0.1, 0.15) is 4.90 Å². The summed E-state index contributed by atoms with van der Waals surface area (Å²) in [4.78, 5) is 11.0. The Hall–Kier alpha value is -1.08. The van der Waals surface area contributed by atoms with Crippen molar-refractivity contribution < 1.29 is 17.9 Å². The zero-order chi connectivity index (χ0) is 11.6. The lowest BCUT2D eigenvalue weighted by molar-refractivity contribution is 0.0514. The van der Waals surface area contributed by atoms with Gasteiger partial charge in [0.05, 0.1) is 6.61 Å². The minimum atomic E-state index is -3.99. The molecule has 1 rings (SSSR count). The first-order valence-corrected chi connectivity index (χ1v) is 6.32. The molecule has 84 valence electrons. The van der Waals surface area contributed by atoms with Gasteiger partial charge in [0.2, 0.25) is 0 Å². The molecule has 0 bridgehead atoms. The van der Waals surface area contributed by atoms with Crippen LogP contribution < -0.4 is 0 Å². The maximum Gasteiger partial charge on any atom is 0.360 e. The van der Waals surface area contributed by atoms with Gasteiger partial charge in [0.15, 0.2) is 5.69 Å². The van der Waals surface area contributed by atoms with Gasteiger partial charge in [-0.15, -0.1) is 0 Å². The highest BCUT2D eigenvalue weighted by molar-refractivity contribution is 8.13. The number of nitrogens with zero attached hydrogens (tertiary/aromatic N) is 2. The lowest BCUT2D eigenvalue weighted by Crippen LogP contribution is -2.09. The van der Waals surface area contributed by atoms with Crippen molar-refractivity contribution in [2.24, 2.45) is 7.05 Å². The summed E-state index contributed by atoms with van der Waals surface area (Å²) in [6, 6.07) is 0. The fraction of sp³-hybridized carbons (Fsp3) is 0.429. The SMILES string of the molecule is CCOC(=O)c1nn(C)cc1S(=O)(=O)Cl. The second kappa shape index (κ2) is 4.19. The van der Waals surface area contributed by atoms with E-state index in [1.165, 1.54) is 11.7 Å². The first-order chi connectivity index (χ1) is 6.86. The Morgan fingerprint density at radius 1 is 1.67 bits per heavy atom. The number of carbonyl (C=O) groups is 1. The third kappa shape index (κ3) is 2.69. The number of aromatic nitrogens is 2. The van der Waals surface area contributed by atoms with Gasteiger partial charge in [-0.1, -0.05) is 0 Å². The average Bonchev–Trinajstić information content (AvgIpc) is 2.47. The third-order valence-corrected chi connectivity index (χ3v) is 2.85. The van der Waals surface area contributed by atoms with E-state index in [1.54, 1.807) is 6.92 Å². The normalized spacial score (nSPS) is 11.4. The zero-order valence-corrected chi connectivity index (χ0v) is 9.67. The molecule has 0 aliphatic heterocycles. The number of esters is 1. The van der Waals surface area contributed by atoms with Gasteiger partial charge in [0.25, 0.3) is 9.05 Å². The van der Waals surface area contributed by atoms with E-state index in [9.17, 15) is 13.2 Å². The van der Waals surface area contributed by atoms with Crippen LogP contribution in [0.3, 0.4) is 0 Å². The molecule has 0 spiro atoms. The topological polar surface area (TPSA) is 78.3 Å². The van der Waals surface area contributed by atoms with Crippen molar-refractivity contribution in [1.82, 2.24) is 9.78 Å². The monoisotopic (exact) mass is 252 g/mol. The second-order valence-corrected chi connectivity index (χ2v) is 5.21. The predicted octanol–water partition coefficient (Wildman–Crippen LogP) is 0.524. The number of hydrogen-bond acceptors (Lipinski definition) is 5. The van der Waals surface area contributed by atoms with E-state index in [0.29, 0.717) is 0 Å². The molecule has 0 amide bonds. The van der Waals surface area contributed by atoms with Crippen molar-refractivity contribution in [2.75, 3.05) is 6.61 Å². The molecule has 0 radical (unpaired) electrons. The molecule has 0 saturated heterocycles. The van der Waals surface area contributed by atoms with E-state index >= 15 is 0 Å². The number of hydrogen-bond donors (Lipinski definition) is 0. The van der Waals surface area contributed by atoms with Crippen LogP contribution in [0.1, 0.15) is 17.4 Å². The van der Waals surface area contributed by atoms with Gasteiger partial charge in [-0.05, 0) is 6.92 Å².